The summed E-state index contributed by atoms with van der Waals surface area (Å²) in [4.78, 5) is 25.3. The number of carbonyl (C=O) groups excluding carboxylic acids is 1. The highest BCUT2D eigenvalue weighted by Gasteiger charge is 2.37. The van der Waals surface area contributed by atoms with Crippen LogP contribution in [0.15, 0.2) is 0 Å². The lowest BCUT2D eigenvalue weighted by Gasteiger charge is -2.30. The molecule has 1 aliphatic heterocycles. The summed E-state index contributed by atoms with van der Waals surface area (Å²) < 4.78 is 5.56. The number of nitrogens with one attached hydrogen (secondary N) is 1. The molecule has 0 radical (unpaired) electrons. The van der Waals surface area contributed by atoms with E-state index in [9.17, 15) is 9.59 Å². The van der Waals surface area contributed by atoms with Gasteiger partial charge in [-0.25, -0.2) is 0 Å². The SMILES string of the molecule is CN1CCOC(CNC(=O)[C@@H]2CCC[C@@H]2C(=O)O)C1. The molecule has 0 aromatic carbocycles. The molecular weight excluding hydrogens is 248 g/mol. The fraction of sp³-hybridized carbons (Fsp3) is 0.846. The molecular formula is C13H22N2O4. The molecule has 2 rings (SSSR count). The third-order valence-corrected chi connectivity index (χ3v) is 4.02. The number of amides is 1. The zero-order chi connectivity index (χ0) is 13.8. The summed E-state index contributed by atoms with van der Waals surface area (Å²) in [6.45, 7) is 2.85. The largest absolute Gasteiger partial charge is 0.481 e. The Morgan fingerprint density at radius 2 is 2.11 bits per heavy atom. The first-order chi connectivity index (χ1) is 9.08. The van der Waals surface area contributed by atoms with E-state index in [2.05, 4.69) is 10.2 Å². The molecule has 19 heavy (non-hydrogen) atoms. The summed E-state index contributed by atoms with van der Waals surface area (Å²) in [7, 11) is 2.02. The second-order valence-electron chi connectivity index (χ2n) is 5.48. The van der Waals surface area contributed by atoms with Gasteiger partial charge in [-0.1, -0.05) is 6.42 Å². The van der Waals surface area contributed by atoms with E-state index in [4.69, 9.17) is 9.84 Å². The first kappa shape index (κ1) is 14.3. The molecule has 1 heterocycles. The van der Waals surface area contributed by atoms with Gasteiger partial charge in [-0.15, -0.1) is 0 Å². The molecule has 0 bridgehead atoms. The van der Waals surface area contributed by atoms with Crippen molar-refractivity contribution in [1.29, 1.82) is 0 Å². The van der Waals surface area contributed by atoms with E-state index >= 15 is 0 Å². The number of ether oxygens (including phenoxy) is 1. The number of carboxylic acids is 1. The lowest BCUT2D eigenvalue weighted by atomic mass is 9.95. The van der Waals surface area contributed by atoms with Gasteiger partial charge in [-0.3, -0.25) is 9.59 Å². The number of hydrogen-bond acceptors (Lipinski definition) is 4. The fourth-order valence-corrected chi connectivity index (χ4v) is 2.91. The first-order valence-electron chi connectivity index (χ1n) is 6.88. The van der Waals surface area contributed by atoms with Crippen LogP contribution in [0, 0.1) is 11.8 Å². The highest BCUT2D eigenvalue weighted by Crippen LogP contribution is 2.31. The molecule has 6 heteroatoms. The van der Waals surface area contributed by atoms with Crippen molar-refractivity contribution in [1.82, 2.24) is 10.2 Å². The molecule has 2 N–H and O–H groups in total. The Balaban J connectivity index is 1.79. The lowest BCUT2D eigenvalue weighted by molar-refractivity contribution is -0.146. The summed E-state index contributed by atoms with van der Waals surface area (Å²) in [6, 6.07) is 0. The highest BCUT2D eigenvalue weighted by atomic mass is 16.5. The molecule has 1 amide bonds. The van der Waals surface area contributed by atoms with Gasteiger partial charge in [0.1, 0.15) is 0 Å². The normalized spacial score (nSPS) is 32.2. The van der Waals surface area contributed by atoms with Crippen LogP contribution >= 0.6 is 0 Å². The Hall–Kier alpha value is -1.14. The van der Waals surface area contributed by atoms with Crippen LogP contribution in [-0.2, 0) is 14.3 Å². The number of hydrogen-bond donors (Lipinski definition) is 2. The van der Waals surface area contributed by atoms with Gasteiger partial charge in [0.25, 0.3) is 0 Å². The summed E-state index contributed by atoms with van der Waals surface area (Å²) in [5.41, 5.74) is 0. The number of aliphatic carboxylic acids is 1. The zero-order valence-corrected chi connectivity index (χ0v) is 11.3. The van der Waals surface area contributed by atoms with Crippen LogP contribution in [0.2, 0.25) is 0 Å². The Kier molecular flexibility index (Phi) is 4.76. The van der Waals surface area contributed by atoms with Crippen LogP contribution in [0.4, 0.5) is 0 Å². The second-order valence-corrected chi connectivity index (χ2v) is 5.48. The van der Waals surface area contributed by atoms with Gasteiger partial charge in [0.2, 0.25) is 5.91 Å². The first-order valence-corrected chi connectivity index (χ1v) is 6.88. The van der Waals surface area contributed by atoms with E-state index in [1.165, 1.54) is 0 Å². The molecule has 1 saturated heterocycles. The zero-order valence-electron chi connectivity index (χ0n) is 11.3. The summed E-state index contributed by atoms with van der Waals surface area (Å²) >= 11 is 0. The van der Waals surface area contributed by atoms with Crippen molar-refractivity contribution in [2.75, 3.05) is 33.3 Å². The molecule has 0 aromatic rings. The molecule has 108 valence electrons. The smallest absolute Gasteiger partial charge is 0.307 e. The van der Waals surface area contributed by atoms with Crippen LogP contribution in [-0.4, -0.2) is 61.3 Å². The minimum atomic E-state index is -0.855. The molecule has 2 aliphatic rings. The van der Waals surface area contributed by atoms with E-state index in [0.717, 1.165) is 19.5 Å². The maximum absolute atomic E-state index is 12.0. The van der Waals surface area contributed by atoms with E-state index in [1.54, 1.807) is 0 Å². The average Bonchev–Trinajstić information content (AvgIpc) is 2.85. The monoisotopic (exact) mass is 270 g/mol. The Bertz CT molecular complexity index is 348. The Morgan fingerprint density at radius 1 is 1.37 bits per heavy atom. The topological polar surface area (TPSA) is 78.9 Å². The van der Waals surface area contributed by atoms with Crippen molar-refractivity contribution in [3.63, 3.8) is 0 Å². The van der Waals surface area contributed by atoms with Gasteiger partial charge in [0.15, 0.2) is 0 Å². The maximum Gasteiger partial charge on any atom is 0.307 e. The van der Waals surface area contributed by atoms with Gasteiger partial charge in [-0.2, -0.15) is 0 Å². The van der Waals surface area contributed by atoms with Crippen LogP contribution in [0.25, 0.3) is 0 Å². The molecule has 1 aliphatic carbocycles. The van der Waals surface area contributed by atoms with Gasteiger partial charge in [0.05, 0.1) is 24.5 Å². The van der Waals surface area contributed by atoms with E-state index < -0.39 is 11.9 Å². The van der Waals surface area contributed by atoms with Crippen LogP contribution in [0.1, 0.15) is 19.3 Å². The van der Waals surface area contributed by atoms with Gasteiger partial charge in [0, 0.05) is 19.6 Å². The number of morpholine rings is 1. The second kappa shape index (κ2) is 6.34. The average molecular weight is 270 g/mol. The van der Waals surface area contributed by atoms with Crippen molar-refractivity contribution in [2.45, 2.75) is 25.4 Å². The predicted octanol–water partition coefficient (Wildman–Crippen LogP) is -0.0659. The van der Waals surface area contributed by atoms with Crippen molar-refractivity contribution < 1.29 is 19.4 Å². The standard InChI is InChI=1S/C13H22N2O4/c1-15-5-6-19-9(8-15)7-14-12(16)10-3-2-4-11(10)13(17)18/h9-11H,2-8H2,1H3,(H,14,16)(H,17,18)/t9?,10-,11+/m1/s1. The Morgan fingerprint density at radius 3 is 2.79 bits per heavy atom. The van der Waals surface area contributed by atoms with E-state index in [0.29, 0.717) is 26.0 Å². The number of carboxylic acid groups (broad SMARTS) is 1. The van der Waals surface area contributed by atoms with E-state index in [-0.39, 0.29) is 17.9 Å². The van der Waals surface area contributed by atoms with Crippen LogP contribution < -0.4 is 5.32 Å². The molecule has 1 unspecified atom stereocenters. The van der Waals surface area contributed by atoms with E-state index in [1.807, 2.05) is 7.05 Å². The van der Waals surface area contributed by atoms with Crippen molar-refractivity contribution in [3.8, 4) is 0 Å². The van der Waals surface area contributed by atoms with Crippen LogP contribution in [0.5, 0.6) is 0 Å². The molecule has 0 spiro atoms. The quantitative estimate of drug-likeness (QED) is 0.748. The fourth-order valence-electron chi connectivity index (χ4n) is 2.91. The molecule has 3 atom stereocenters. The predicted molar refractivity (Wildman–Crippen MR) is 68.7 cm³/mol. The van der Waals surface area contributed by atoms with Crippen molar-refractivity contribution in [3.05, 3.63) is 0 Å². The van der Waals surface area contributed by atoms with Crippen molar-refractivity contribution >= 4 is 11.9 Å². The molecule has 6 nitrogen and oxygen atoms in total. The summed E-state index contributed by atoms with van der Waals surface area (Å²) in [6.07, 6.45) is 2.11. The number of carbonyl (C=O) groups is 2. The summed E-state index contributed by atoms with van der Waals surface area (Å²) in [5, 5.41) is 11.9. The lowest BCUT2D eigenvalue weighted by Crippen LogP contribution is -2.47. The molecule has 0 aromatic heterocycles. The Labute approximate surface area is 113 Å². The number of rotatable bonds is 4. The third kappa shape index (κ3) is 3.67. The van der Waals surface area contributed by atoms with Crippen LogP contribution in [0.3, 0.4) is 0 Å². The van der Waals surface area contributed by atoms with Crippen molar-refractivity contribution in [2.24, 2.45) is 11.8 Å². The number of likely N-dealkylation sites (N-methyl/N-ethyl adjacent to an activating group) is 1. The van der Waals surface area contributed by atoms with Gasteiger partial charge < -0.3 is 20.1 Å². The van der Waals surface area contributed by atoms with Gasteiger partial charge in [-0.05, 0) is 19.9 Å². The highest BCUT2D eigenvalue weighted by molar-refractivity contribution is 5.85. The molecule has 2 fully saturated rings. The van der Waals surface area contributed by atoms with Gasteiger partial charge >= 0.3 is 5.97 Å². The third-order valence-electron chi connectivity index (χ3n) is 4.02. The minimum Gasteiger partial charge on any atom is -0.481 e. The maximum atomic E-state index is 12.0. The minimum absolute atomic E-state index is 0.00683. The summed E-state index contributed by atoms with van der Waals surface area (Å²) in [5.74, 6) is -1.89. The number of nitrogens with zero attached hydrogens (tertiary/aromatic N) is 1. The molecule has 1 saturated carbocycles.